The second kappa shape index (κ2) is 6.54. The maximum atomic E-state index is 12.6. The van der Waals surface area contributed by atoms with Gasteiger partial charge in [0.05, 0.1) is 7.11 Å². The van der Waals surface area contributed by atoms with Gasteiger partial charge in [0.2, 0.25) is 10.0 Å². The topological polar surface area (TPSA) is 81.4 Å². The first-order valence-corrected chi connectivity index (χ1v) is 9.30. The van der Waals surface area contributed by atoms with Gasteiger partial charge in [0, 0.05) is 16.2 Å². The number of halogens is 1. The first kappa shape index (κ1) is 16.6. The zero-order valence-electron chi connectivity index (χ0n) is 12.2. The molecule has 21 heavy (non-hydrogen) atoms. The Bertz CT molecular complexity index is 615. The molecule has 1 aromatic rings. The van der Waals surface area contributed by atoms with Gasteiger partial charge >= 0.3 is 0 Å². The molecule has 0 bridgehead atoms. The standard InChI is InChI=1S/C14H21BrN2O3S/c1-3-10(6-9-4-5-9)17-21(18,19)14-8-12(16)11(15)7-13(14)20-2/h7-10,17H,3-6,16H2,1-2H3. The third-order valence-electron chi connectivity index (χ3n) is 3.70. The summed E-state index contributed by atoms with van der Waals surface area (Å²) in [6.45, 7) is 1.99. The van der Waals surface area contributed by atoms with Crippen LogP contribution >= 0.6 is 15.9 Å². The summed E-state index contributed by atoms with van der Waals surface area (Å²) in [6.07, 6.45) is 4.06. The molecule has 0 aliphatic heterocycles. The molecular formula is C14H21BrN2O3S. The third-order valence-corrected chi connectivity index (χ3v) is 5.93. The van der Waals surface area contributed by atoms with Crippen molar-refractivity contribution in [3.05, 3.63) is 16.6 Å². The predicted octanol–water partition coefficient (Wildman–Crippen LogP) is 2.90. The van der Waals surface area contributed by atoms with Crippen molar-refractivity contribution in [2.24, 2.45) is 5.92 Å². The van der Waals surface area contributed by atoms with Gasteiger partial charge in [-0.05, 0) is 46.8 Å². The van der Waals surface area contributed by atoms with Crippen LogP contribution in [0.25, 0.3) is 0 Å². The van der Waals surface area contributed by atoms with Crippen LogP contribution in [0.3, 0.4) is 0 Å². The van der Waals surface area contributed by atoms with Gasteiger partial charge < -0.3 is 10.5 Å². The lowest BCUT2D eigenvalue weighted by molar-refractivity contribution is 0.401. The molecule has 1 saturated carbocycles. The molecule has 0 amide bonds. The van der Waals surface area contributed by atoms with E-state index in [0.717, 1.165) is 12.8 Å². The van der Waals surface area contributed by atoms with Crippen LogP contribution < -0.4 is 15.2 Å². The first-order chi connectivity index (χ1) is 9.87. The van der Waals surface area contributed by atoms with E-state index in [1.54, 1.807) is 6.07 Å². The molecule has 0 radical (unpaired) electrons. The highest BCUT2D eigenvalue weighted by Crippen LogP contribution is 2.35. The number of anilines is 1. The average molecular weight is 377 g/mol. The van der Waals surface area contributed by atoms with Crippen molar-refractivity contribution in [2.75, 3.05) is 12.8 Å². The molecule has 0 aromatic heterocycles. The van der Waals surface area contributed by atoms with E-state index < -0.39 is 10.0 Å². The minimum absolute atomic E-state index is 0.0444. The highest BCUT2D eigenvalue weighted by Gasteiger charge is 2.29. The number of sulfonamides is 1. The third kappa shape index (κ3) is 4.11. The molecule has 0 heterocycles. The number of nitrogen functional groups attached to an aromatic ring is 1. The van der Waals surface area contributed by atoms with Gasteiger partial charge in [0.25, 0.3) is 0 Å². The van der Waals surface area contributed by atoms with Crippen molar-refractivity contribution in [3.8, 4) is 5.75 Å². The predicted molar refractivity (Wildman–Crippen MR) is 86.8 cm³/mol. The van der Waals surface area contributed by atoms with E-state index in [-0.39, 0.29) is 16.7 Å². The quantitative estimate of drug-likeness (QED) is 0.716. The monoisotopic (exact) mass is 376 g/mol. The van der Waals surface area contributed by atoms with Crippen molar-refractivity contribution in [1.29, 1.82) is 0 Å². The molecule has 5 nitrogen and oxygen atoms in total. The van der Waals surface area contributed by atoms with E-state index in [0.29, 0.717) is 16.1 Å². The molecular weight excluding hydrogens is 356 g/mol. The molecule has 1 unspecified atom stereocenters. The van der Waals surface area contributed by atoms with Crippen LogP contribution in [0.15, 0.2) is 21.5 Å². The summed E-state index contributed by atoms with van der Waals surface area (Å²) >= 11 is 3.27. The van der Waals surface area contributed by atoms with Gasteiger partial charge in [0.1, 0.15) is 10.6 Å². The fourth-order valence-electron chi connectivity index (χ4n) is 2.26. The van der Waals surface area contributed by atoms with Gasteiger partial charge in [-0.25, -0.2) is 13.1 Å². The fourth-order valence-corrected chi connectivity index (χ4v) is 4.10. The van der Waals surface area contributed by atoms with Crippen molar-refractivity contribution in [1.82, 2.24) is 4.72 Å². The molecule has 0 saturated heterocycles. The molecule has 1 aliphatic rings. The van der Waals surface area contributed by atoms with Crippen molar-refractivity contribution in [3.63, 3.8) is 0 Å². The van der Waals surface area contributed by atoms with E-state index in [9.17, 15) is 8.42 Å². The number of rotatable bonds is 7. The Morgan fingerprint density at radius 1 is 1.48 bits per heavy atom. The lowest BCUT2D eigenvalue weighted by atomic mass is 10.1. The Balaban J connectivity index is 2.27. The van der Waals surface area contributed by atoms with Gasteiger partial charge in [0.15, 0.2) is 0 Å². The van der Waals surface area contributed by atoms with Gasteiger partial charge in [-0.2, -0.15) is 0 Å². The van der Waals surface area contributed by atoms with Crippen LogP contribution in [0.2, 0.25) is 0 Å². The summed E-state index contributed by atoms with van der Waals surface area (Å²) in [5, 5.41) is 0. The molecule has 1 aromatic carbocycles. The van der Waals surface area contributed by atoms with Crippen molar-refractivity contribution in [2.45, 2.75) is 43.5 Å². The van der Waals surface area contributed by atoms with E-state index in [4.69, 9.17) is 10.5 Å². The Kier molecular flexibility index (Phi) is 5.16. The number of nitrogens with one attached hydrogen (secondary N) is 1. The van der Waals surface area contributed by atoms with E-state index >= 15 is 0 Å². The lowest BCUT2D eigenvalue weighted by Crippen LogP contribution is -2.35. The molecule has 0 spiro atoms. The molecule has 3 N–H and O–H groups in total. The molecule has 7 heteroatoms. The Morgan fingerprint density at radius 2 is 2.14 bits per heavy atom. The van der Waals surface area contributed by atoms with Crippen LogP contribution in [0.5, 0.6) is 5.75 Å². The lowest BCUT2D eigenvalue weighted by Gasteiger charge is -2.18. The van der Waals surface area contributed by atoms with E-state index in [2.05, 4.69) is 20.7 Å². The van der Waals surface area contributed by atoms with Gasteiger partial charge in [-0.3, -0.25) is 0 Å². The number of ether oxygens (including phenoxy) is 1. The minimum atomic E-state index is -3.65. The van der Waals surface area contributed by atoms with Crippen LogP contribution in [-0.4, -0.2) is 21.6 Å². The summed E-state index contributed by atoms with van der Waals surface area (Å²) in [5.41, 5.74) is 6.17. The summed E-state index contributed by atoms with van der Waals surface area (Å²) in [4.78, 5) is 0.0833. The molecule has 2 rings (SSSR count). The maximum absolute atomic E-state index is 12.6. The smallest absolute Gasteiger partial charge is 0.244 e. The molecule has 118 valence electrons. The summed E-state index contributed by atoms with van der Waals surface area (Å²) in [7, 11) is -2.20. The summed E-state index contributed by atoms with van der Waals surface area (Å²) in [5.74, 6) is 0.944. The number of hydrogen-bond donors (Lipinski definition) is 2. The average Bonchev–Trinajstić information content (AvgIpc) is 3.24. The van der Waals surface area contributed by atoms with Crippen molar-refractivity contribution >= 4 is 31.6 Å². The Labute approximate surface area is 134 Å². The maximum Gasteiger partial charge on any atom is 0.244 e. The SMILES string of the molecule is CCC(CC1CC1)NS(=O)(=O)c1cc(N)c(Br)cc1OC. The van der Waals surface area contributed by atoms with Crippen LogP contribution in [-0.2, 0) is 10.0 Å². The largest absolute Gasteiger partial charge is 0.495 e. The first-order valence-electron chi connectivity index (χ1n) is 7.02. The van der Waals surface area contributed by atoms with Crippen molar-refractivity contribution < 1.29 is 13.2 Å². The number of hydrogen-bond acceptors (Lipinski definition) is 4. The second-order valence-electron chi connectivity index (χ2n) is 5.43. The zero-order valence-corrected chi connectivity index (χ0v) is 14.6. The normalized spacial score (nSPS) is 16.7. The van der Waals surface area contributed by atoms with E-state index in [1.165, 1.54) is 26.0 Å². The highest BCUT2D eigenvalue weighted by atomic mass is 79.9. The zero-order chi connectivity index (χ0) is 15.6. The Hall–Kier alpha value is -0.790. The van der Waals surface area contributed by atoms with Gasteiger partial charge in [-0.15, -0.1) is 0 Å². The summed E-state index contributed by atoms with van der Waals surface area (Å²) < 4.78 is 33.7. The molecule has 1 aliphatic carbocycles. The molecule has 1 fully saturated rings. The highest BCUT2D eigenvalue weighted by molar-refractivity contribution is 9.10. The van der Waals surface area contributed by atoms with Crippen LogP contribution in [0, 0.1) is 5.92 Å². The van der Waals surface area contributed by atoms with Crippen LogP contribution in [0.4, 0.5) is 5.69 Å². The number of benzene rings is 1. The number of methoxy groups -OCH3 is 1. The molecule has 1 atom stereocenters. The second-order valence-corrected chi connectivity index (χ2v) is 7.97. The fraction of sp³-hybridized carbons (Fsp3) is 0.571. The number of nitrogens with two attached hydrogens (primary N) is 1. The van der Waals surface area contributed by atoms with Crippen LogP contribution in [0.1, 0.15) is 32.6 Å². The Morgan fingerprint density at radius 3 is 2.67 bits per heavy atom. The summed E-state index contributed by atoms with van der Waals surface area (Å²) in [6, 6.07) is 2.96. The van der Waals surface area contributed by atoms with Gasteiger partial charge in [-0.1, -0.05) is 19.8 Å². The minimum Gasteiger partial charge on any atom is -0.495 e. The van der Waals surface area contributed by atoms with E-state index in [1.807, 2.05) is 6.92 Å².